The second-order valence-corrected chi connectivity index (χ2v) is 5.77. The first kappa shape index (κ1) is 10.6. The van der Waals surface area contributed by atoms with Crippen molar-refractivity contribution < 1.29 is 8.53 Å². The van der Waals surface area contributed by atoms with Crippen molar-refractivity contribution in [1.82, 2.24) is 9.97 Å². The maximum absolute atomic E-state index is 7.86. The number of aryl methyl sites for hydroxylation is 1. The molecule has 4 aromatic rings. The predicted molar refractivity (Wildman–Crippen MR) is 95.3 cm³/mol. The molecule has 5 rings (SSSR count). The predicted octanol–water partition coefficient (Wildman–Crippen LogP) is 4.39. The molecule has 0 amide bonds. The summed E-state index contributed by atoms with van der Waals surface area (Å²) >= 11 is 0. The van der Waals surface area contributed by atoms with E-state index in [2.05, 4.69) is 9.97 Å². The van der Waals surface area contributed by atoms with Gasteiger partial charge in [0.25, 0.3) is 0 Å². The third kappa shape index (κ3) is 1.69. The van der Waals surface area contributed by atoms with Gasteiger partial charge in [-0.25, -0.2) is 9.97 Å². The van der Waals surface area contributed by atoms with Crippen molar-refractivity contribution in [3.8, 4) is 0 Å². The molecular formula is C19H15N4O. The molecule has 0 atom stereocenters. The molecule has 0 spiro atoms. The average molecular weight is 318 g/mol. The number of rotatable bonds is 1. The summed E-state index contributed by atoms with van der Waals surface area (Å²) in [5.74, 6) is 0.553. The Hall–Kier alpha value is -3.08. The lowest BCUT2D eigenvalue weighted by Gasteiger charge is -2.20. The summed E-state index contributed by atoms with van der Waals surface area (Å²) in [4.78, 5) is 11.8. The van der Waals surface area contributed by atoms with E-state index in [1.807, 2.05) is 31.2 Å². The van der Waals surface area contributed by atoms with Gasteiger partial charge in [-0.1, -0.05) is 12.1 Å². The highest BCUT2D eigenvalue weighted by molar-refractivity contribution is 6.09. The van der Waals surface area contributed by atoms with Gasteiger partial charge < -0.3 is 9.32 Å². The monoisotopic (exact) mass is 318 g/mol. The van der Waals surface area contributed by atoms with Gasteiger partial charge in [0.1, 0.15) is 6.67 Å². The molecule has 0 saturated carbocycles. The van der Waals surface area contributed by atoms with Crippen molar-refractivity contribution >= 4 is 39.3 Å². The van der Waals surface area contributed by atoms with Crippen LogP contribution >= 0.6 is 0 Å². The molecule has 4 heterocycles. The Morgan fingerprint density at radius 2 is 1.92 bits per heavy atom. The third-order valence-corrected chi connectivity index (χ3v) is 4.32. The van der Waals surface area contributed by atoms with E-state index in [0.717, 1.165) is 22.0 Å². The lowest BCUT2D eigenvalue weighted by Crippen LogP contribution is -2.18. The Labute approximate surface area is 143 Å². The summed E-state index contributed by atoms with van der Waals surface area (Å²) in [6.45, 7) is 1.21. The van der Waals surface area contributed by atoms with Crippen molar-refractivity contribution in [2.45, 2.75) is 6.92 Å². The number of fused-ring (bicyclic) bond motifs is 4. The van der Waals surface area contributed by atoms with Crippen molar-refractivity contribution in [2.24, 2.45) is 0 Å². The Morgan fingerprint density at radius 3 is 2.83 bits per heavy atom. The van der Waals surface area contributed by atoms with Gasteiger partial charge in [0, 0.05) is 34.3 Å². The molecule has 0 fully saturated rings. The van der Waals surface area contributed by atoms with Crippen LogP contribution in [0, 0.1) is 13.6 Å². The molecular weight excluding hydrogens is 300 g/mol. The van der Waals surface area contributed by atoms with Gasteiger partial charge in [-0.15, -0.1) is 0 Å². The van der Waals surface area contributed by atoms with Gasteiger partial charge in [-0.2, -0.15) is 0 Å². The van der Waals surface area contributed by atoms with Gasteiger partial charge in [0.05, 0.1) is 11.4 Å². The second-order valence-electron chi connectivity index (χ2n) is 5.77. The van der Waals surface area contributed by atoms with Crippen LogP contribution in [0.2, 0.25) is 0 Å². The number of aromatic nitrogens is 2. The molecule has 1 aromatic carbocycles. The standard InChI is InChI=1S/C19H15N4O/c1-12-7-8-13-14-5-3-10-21-19(14)24-17(13)16(12)23-11-22(2)15-6-4-9-20-18(15)23/h3-11H,1-2H3/i2D3. The first-order valence-corrected chi connectivity index (χ1v) is 7.60. The summed E-state index contributed by atoms with van der Waals surface area (Å²) < 4.78 is 29.6. The highest BCUT2D eigenvalue weighted by Crippen LogP contribution is 2.45. The van der Waals surface area contributed by atoms with Crippen LogP contribution in [0.4, 0.5) is 17.2 Å². The zero-order valence-corrected chi connectivity index (χ0v) is 12.9. The molecule has 0 bridgehead atoms. The quantitative estimate of drug-likeness (QED) is 0.521. The number of benzene rings is 1. The molecule has 1 aliphatic rings. The molecule has 5 heteroatoms. The van der Waals surface area contributed by atoms with Crippen LogP contribution in [0.5, 0.6) is 0 Å². The minimum atomic E-state index is -2.32. The molecule has 0 aliphatic carbocycles. The number of anilines is 3. The Morgan fingerprint density at radius 1 is 1.04 bits per heavy atom. The summed E-state index contributed by atoms with van der Waals surface area (Å²) in [6, 6.07) is 11.3. The number of hydrogen-bond acceptors (Lipinski definition) is 5. The molecule has 0 N–H and O–H groups in total. The van der Waals surface area contributed by atoms with E-state index in [1.165, 1.54) is 4.90 Å². The van der Waals surface area contributed by atoms with Crippen LogP contribution in [0.25, 0.3) is 22.1 Å². The smallest absolute Gasteiger partial charge is 0.227 e. The van der Waals surface area contributed by atoms with E-state index in [-0.39, 0.29) is 0 Å². The highest BCUT2D eigenvalue weighted by atomic mass is 16.3. The van der Waals surface area contributed by atoms with E-state index in [0.29, 0.717) is 22.8 Å². The fourth-order valence-corrected chi connectivity index (χ4v) is 3.22. The number of hydrogen-bond donors (Lipinski definition) is 0. The van der Waals surface area contributed by atoms with E-state index in [9.17, 15) is 0 Å². The minimum absolute atomic E-state index is 0.531. The number of furan rings is 1. The first-order valence-electron chi connectivity index (χ1n) is 9.10. The van der Waals surface area contributed by atoms with Crippen LogP contribution in [0.1, 0.15) is 9.68 Å². The normalized spacial score (nSPS) is 16.3. The van der Waals surface area contributed by atoms with E-state index >= 15 is 0 Å². The van der Waals surface area contributed by atoms with Crippen LogP contribution in [0.3, 0.4) is 0 Å². The summed E-state index contributed by atoms with van der Waals surface area (Å²) in [5, 5.41) is 1.85. The molecule has 0 saturated heterocycles. The SMILES string of the molecule is [2H]C([2H])([2H])N1[CH]N(c2c(C)ccc3c2oc2ncccc23)c2ncccc21. The minimum Gasteiger partial charge on any atom is -0.435 e. The number of nitrogens with zero attached hydrogens (tertiary/aromatic N) is 4. The molecule has 117 valence electrons. The fourth-order valence-electron chi connectivity index (χ4n) is 3.22. The maximum atomic E-state index is 7.86. The zero-order chi connectivity index (χ0) is 18.8. The first-order chi connectivity index (χ1) is 12.9. The number of pyridine rings is 2. The van der Waals surface area contributed by atoms with E-state index in [1.54, 1.807) is 36.1 Å². The summed E-state index contributed by atoms with van der Waals surface area (Å²) in [6.07, 6.45) is 3.34. The molecule has 0 unspecified atom stereocenters. The van der Waals surface area contributed by atoms with Crippen LogP contribution in [-0.2, 0) is 0 Å². The summed E-state index contributed by atoms with van der Waals surface area (Å²) in [7, 11) is 0. The van der Waals surface area contributed by atoms with Crippen molar-refractivity contribution in [3.05, 3.63) is 61.0 Å². The van der Waals surface area contributed by atoms with Crippen molar-refractivity contribution in [1.29, 1.82) is 0 Å². The molecule has 5 nitrogen and oxygen atoms in total. The Kier molecular flexibility index (Phi) is 2.09. The largest absolute Gasteiger partial charge is 0.435 e. The van der Waals surface area contributed by atoms with E-state index < -0.39 is 6.98 Å². The van der Waals surface area contributed by atoms with Gasteiger partial charge in [0.15, 0.2) is 11.4 Å². The van der Waals surface area contributed by atoms with Gasteiger partial charge in [0.2, 0.25) is 5.71 Å². The third-order valence-electron chi connectivity index (χ3n) is 4.32. The molecule has 1 radical (unpaired) electrons. The Bertz CT molecular complexity index is 1180. The lowest BCUT2D eigenvalue weighted by atomic mass is 10.1. The molecule has 3 aromatic heterocycles. The maximum Gasteiger partial charge on any atom is 0.227 e. The zero-order valence-electron chi connectivity index (χ0n) is 15.9. The average Bonchev–Trinajstić information content (AvgIpc) is 3.20. The highest BCUT2D eigenvalue weighted by Gasteiger charge is 2.30. The van der Waals surface area contributed by atoms with E-state index in [4.69, 9.17) is 8.53 Å². The van der Waals surface area contributed by atoms with Crippen LogP contribution in [-0.4, -0.2) is 16.9 Å². The fraction of sp³-hybridized carbons (Fsp3) is 0.105. The molecule has 24 heavy (non-hydrogen) atoms. The van der Waals surface area contributed by atoms with Crippen LogP contribution < -0.4 is 9.80 Å². The topological polar surface area (TPSA) is 45.4 Å². The van der Waals surface area contributed by atoms with Crippen LogP contribution in [0.15, 0.2) is 53.2 Å². The molecule has 1 aliphatic heterocycles. The van der Waals surface area contributed by atoms with Crippen molar-refractivity contribution in [3.63, 3.8) is 0 Å². The van der Waals surface area contributed by atoms with Gasteiger partial charge >= 0.3 is 0 Å². The van der Waals surface area contributed by atoms with Gasteiger partial charge in [-0.3, -0.25) is 4.90 Å². The van der Waals surface area contributed by atoms with Crippen molar-refractivity contribution in [2.75, 3.05) is 16.8 Å². The second kappa shape index (κ2) is 4.71. The Balaban J connectivity index is 1.78. The lowest BCUT2D eigenvalue weighted by molar-refractivity contribution is 0.653. The summed E-state index contributed by atoms with van der Waals surface area (Å²) in [5.41, 5.74) is 3.44. The van der Waals surface area contributed by atoms with Gasteiger partial charge in [-0.05, 0) is 36.8 Å².